The molecule has 372 valence electrons. The molecule has 0 saturated heterocycles. The summed E-state index contributed by atoms with van der Waals surface area (Å²) in [5, 5.41) is 5.99. The van der Waals surface area contributed by atoms with Gasteiger partial charge in [0, 0.05) is 39.8 Å². The molecule has 0 aliphatic heterocycles. The van der Waals surface area contributed by atoms with Crippen LogP contribution in [0.25, 0.3) is 11.3 Å². The van der Waals surface area contributed by atoms with Crippen LogP contribution < -0.4 is 10.7 Å². The van der Waals surface area contributed by atoms with E-state index in [2.05, 4.69) is 20.0 Å². The average molecular weight is 1100 g/mol. The Morgan fingerprint density at radius 3 is 1.94 bits per heavy atom. The van der Waals surface area contributed by atoms with Crippen molar-refractivity contribution in [3.05, 3.63) is 75.0 Å². The zero-order valence-corrected chi connectivity index (χ0v) is 39.2. The molecule has 0 spiro atoms. The van der Waals surface area contributed by atoms with E-state index in [1.807, 2.05) is 27.9 Å². The monoisotopic (exact) mass is 1100 g/mol. The Kier molecular flexibility index (Phi) is 19.7. The van der Waals surface area contributed by atoms with E-state index < -0.39 is 133 Å². The molecular weight excluding hydrogens is 1060 g/mol. The first-order chi connectivity index (χ1) is 31.0. The van der Waals surface area contributed by atoms with Crippen LogP contribution in [0.15, 0.2) is 48.7 Å². The summed E-state index contributed by atoms with van der Waals surface area (Å²) in [5.74, 6) is -11.0. The summed E-state index contributed by atoms with van der Waals surface area (Å²) in [5.41, 5.74) is -5.22. The van der Waals surface area contributed by atoms with Crippen LogP contribution in [-0.2, 0) is 46.3 Å². The Bertz CT molecular complexity index is 2190. The lowest BCUT2D eigenvalue weighted by atomic mass is 9.75. The smallest absolute Gasteiger partial charge is 0.469 e. The lowest BCUT2D eigenvalue weighted by Gasteiger charge is -2.38. The van der Waals surface area contributed by atoms with Gasteiger partial charge in [-0.25, -0.2) is 28.1 Å². The molecule has 2 N–H and O–H groups in total. The lowest BCUT2D eigenvalue weighted by molar-refractivity contribution is -0.231. The second-order valence-corrected chi connectivity index (χ2v) is 17.5. The van der Waals surface area contributed by atoms with Gasteiger partial charge in [-0.15, -0.1) is 0 Å². The molecule has 26 heteroatoms. The number of benzene rings is 2. The maximum Gasteiger partial charge on any atom is 0.509 e. The number of amides is 2. The zero-order valence-electron chi connectivity index (χ0n) is 36.3. The Labute approximate surface area is 395 Å². The molecule has 2 amide bonds. The van der Waals surface area contributed by atoms with Crippen LogP contribution in [-0.4, -0.2) is 96.0 Å². The highest BCUT2D eigenvalue weighted by atomic mass is 127. The molecule has 0 aliphatic rings. The molecule has 67 heavy (non-hydrogen) atoms. The number of hydrazine groups is 1. The number of rotatable bonds is 21. The van der Waals surface area contributed by atoms with Crippen molar-refractivity contribution in [1.82, 2.24) is 25.5 Å². The minimum atomic E-state index is -5.19. The largest absolute Gasteiger partial charge is 0.509 e. The predicted molar refractivity (Wildman–Crippen MR) is 225 cm³/mol. The van der Waals surface area contributed by atoms with E-state index >= 15 is 8.78 Å². The standard InChI is InChI=1S/C41H45ClF10IN5O9/c1-38(2,40(47,48)49)26(17-32(60)64-5)34(61)56-57(18-25-27(43)14-22(15-28(25)44)29-11-12-58(55-29)35(45)46)19-31(67-37(63)66-20-42)23(13-21-7-9-24(53)10-8-21)16-30(59)33(54-36(62)65-6)39(3,4)41(50,51)52/h7-12,14-15,23,26,31,33,35H,13,16-20H2,1-6H3,(H,54,62)(H,56,61)/t23-,26-,31+,33-/m1/s1. The Morgan fingerprint density at radius 2 is 1.45 bits per heavy atom. The molecule has 2 aromatic carbocycles. The quantitative estimate of drug-likeness (QED) is 0.0261. The third kappa shape index (κ3) is 15.0. The van der Waals surface area contributed by atoms with Gasteiger partial charge in [0.2, 0.25) is 5.91 Å². The van der Waals surface area contributed by atoms with Crippen molar-refractivity contribution in [2.75, 3.05) is 26.8 Å². The molecule has 0 unspecified atom stereocenters. The van der Waals surface area contributed by atoms with E-state index in [9.17, 15) is 59.1 Å². The fourth-order valence-corrected chi connectivity index (χ4v) is 6.99. The third-order valence-electron chi connectivity index (χ3n) is 10.8. The number of methoxy groups -OCH3 is 2. The summed E-state index contributed by atoms with van der Waals surface area (Å²) in [6, 6.07) is 5.28. The third-order valence-corrected chi connectivity index (χ3v) is 11.6. The molecule has 0 bridgehead atoms. The molecule has 0 saturated carbocycles. The number of carbonyl (C=O) groups is 5. The van der Waals surface area contributed by atoms with E-state index in [1.54, 1.807) is 12.1 Å². The maximum absolute atomic E-state index is 16.0. The summed E-state index contributed by atoms with van der Waals surface area (Å²) < 4.78 is 166. The van der Waals surface area contributed by atoms with E-state index in [4.69, 9.17) is 21.1 Å². The number of carbonyl (C=O) groups excluding carboxylic acids is 5. The molecule has 0 aliphatic carbocycles. The van der Waals surface area contributed by atoms with Gasteiger partial charge >= 0.3 is 37.1 Å². The van der Waals surface area contributed by atoms with Crippen molar-refractivity contribution in [2.45, 2.75) is 84.5 Å². The first-order valence-electron chi connectivity index (χ1n) is 19.6. The van der Waals surface area contributed by atoms with Gasteiger partial charge in [-0.05, 0) is 78.8 Å². The van der Waals surface area contributed by atoms with Crippen molar-refractivity contribution in [2.24, 2.45) is 22.7 Å². The minimum Gasteiger partial charge on any atom is -0.469 e. The van der Waals surface area contributed by atoms with Gasteiger partial charge in [0.25, 0.3) is 0 Å². The molecular formula is C41H45ClF10IN5O9. The fourth-order valence-electron chi connectivity index (χ4n) is 6.54. The number of hydrogen-bond acceptors (Lipinski definition) is 11. The summed E-state index contributed by atoms with van der Waals surface area (Å²) in [6.07, 6.45) is -17.1. The number of aromatic nitrogens is 2. The Hall–Kier alpha value is -4.92. The van der Waals surface area contributed by atoms with Crippen LogP contribution in [0.5, 0.6) is 0 Å². The van der Waals surface area contributed by atoms with E-state index in [-0.39, 0.29) is 22.4 Å². The van der Waals surface area contributed by atoms with Gasteiger partial charge in [0.1, 0.15) is 23.8 Å². The molecule has 0 radical (unpaired) electrons. The van der Waals surface area contributed by atoms with Crippen LogP contribution in [0, 0.1) is 37.9 Å². The maximum atomic E-state index is 16.0. The minimum absolute atomic E-state index is 0.189. The molecule has 14 nitrogen and oxygen atoms in total. The number of Topliss-reactive ketones (excluding diaryl/α,β-unsaturated/α-hetero) is 1. The first kappa shape index (κ1) is 56.4. The Morgan fingerprint density at radius 1 is 0.866 bits per heavy atom. The number of nitrogens with one attached hydrogen (secondary N) is 2. The van der Waals surface area contributed by atoms with Crippen molar-refractivity contribution in [3.8, 4) is 11.3 Å². The number of nitrogens with zero attached hydrogens (tertiary/aromatic N) is 3. The van der Waals surface area contributed by atoms with Gasteiger partial charge in [0.15, 0.2) is 11.8 Å². The van der Waals surface area contributed by atoms with Crippen LogP contribution >= 0.6 is 34.2 Å². The molecule has 0 fully saturated rings. The van der Waals surface area contributed by atoms with Gasteiger partial charge in [-0.1, -0.05) is 37.6 Å². The van der Waals surface area contributed by atoms with Crippen LogP contribution in [0.1, 0.15) is 58.2 Å². The van der Waals surface area contributed by atoms with Gasteiger partial charge in [-0.2, -0.15) is 40.2 Å². The zero-order chi connectivity index (χ0) is 50.8. The van der Waals surface area contributed by atoms with E-state index in [1.165, 1.54) is 12.1 Å². The number of hydrogen-bond donors (Lipinski definition) is 2. The van der Waals surface area contributed by atoms with Crippen molar-refractivity contribution < 1.29 is 86.8 Å². The predicted octanol–water partition coefficient (Wildman–Crippen LogP) is 9.28. The summed E-state index contributed by atoms with van der Waals surface area (Å²) in [7, 11) is 1.65. The molecule has 3 aromatic rings. The van der Waals surface area contributed by atoms with E-state index in [0.29, 0.717) is 54.0 Å². The second kappa shape index (κ2) is 23.4. The van der Waals surface area contributed by atoms with Crippen molar-refractivity contribution in [1.29, 1.82) is 0 Å². The van der Waals surface area contributed by atoms with Crippen LogP contribution in [0.3, 0.4) is 0 Å². The van der Waals surface area contributed by atoms with E-state index in [0.717, 1.165) is 26.5 Å². The number of halogens is 12. The second-order valence-electron chi connectivity index (χ2n) is 16.0. The number of ketones is 1. The van der Waals surface area contributed by atoms with Gasteiger partial charge < -0.3 is 24.3 Å². The summed E-state index contributed by atoms with van der Waals surface area (Å²) in [4.78, 5) is 66.1. The van der Waals surface area contributed by atoms with Gasteiger partial charge in [0.05, 0.1) is 49.6 Å². The highest BCUT2D eigenvalue weighted by Crippen LogP contribution is 2.45. The topological polar surface area (TPSA) is 167 Å². The fraction of sp³-hybridized carbons (Fsp3) is 0.512. The van der Waals surface area contributed by atoms with Crippen molar-refractivity contribution >= 4 is 64.1 Å². The van der Waals surface area contributed by atoms with Crippen LogP contribution in [0.4, 0.5) is 53.5 Å². The Balaban J connectivity index is 2.31. The number of alkyl halides is 9. The number of ether oxygens (including phenoxy) is 4. The molecule has 1 aromatic heterocycles. The SMILES string of the molecule is COC(=O)C[C@H](C(=O)NN(Cc1c(F)cc(-c2ccn(C(F)F)n2)cc1F)C[C@H](OC(=O)OCCl)[C@@H](CC(=O)[C@@H](NC(=O)OC)C(C)(C)C(F)(F)F)Cc1ccc(I)cc1)C(C)(C)C(F)(F)F. The van der Waals surface area contributed by atoms with Crippen LogP contribution in [0.2, 0.25) is 0 Å². The number of alkyl carbamates (subject to hydrolysis) is 1. The molecule has 4 atom stereocenters. The van der Waals surface area contributed by atoms with Crippen molar-refractivity contribution in [3.63, 3.8) is 0 Å². The number of esters is 1. The summed E-state index contributed by atoms with van der Waals surface area (Å²) >= 11 is 7.53. The van der Waals surface area contributed by atoms with Gasteiger partial charge in [-0.3, -0.25) is 19.8 Å². The molecule has 1 heterocycles. The first-order valence-corrected chi connectivity index (χ1v) is 21.2. The summed E-state index contributed by atoms with van der Waals surface area (Å²) in [6.45, 7) is -2.98. The normalized spacial score (nSPS) is 14.2. The average Bonchev–Trinajstić information content (AvgIpc) is 3.73. The lowest BCUT2D eigenvalue weighted by Crippen LogP contribution is -2.57. The highest BCUT2D eigenvalue weighted by Gasteiger charge is 2.57. The highest BCUT2D eigenvalue weighted by molar-refractivity contribution is 14.1. The molecule has 3 rings (SSSR count).